The summed E-state index contributed by atoms with van der Waals surface area (Å²) in [5.74, 6) is 3.15. The smallest absolute Gasteiger partial charge is 0.309 e. The number of phenolic OH excluding ortho intramolecular Hbond substituents is 1. The summed E-state index contributed by atoms with van der Waals surface area (Å²) in [4.78, 5) is 12.4. The predicted molar refractivity (Wildman–Crippen MR) is 199 cm³/mol. The van der Waals surface area contributed by atoms with Crippen molar-refractivity contribution in [2.75, 3.05) is 21.3 Å². The number of methoxy groups -OCH3 is 3. The Morgan fingerprint density at radius 2 is 1.35 bits per heavy atom. The number of fused-ring (bicyclic) bond motifs is 3. The van der Waals surface area contributed by atoms with Gasteiger partial charge in [-0.2, -0.15) is 0 Å². The summed E-state index contributed by atoms with van der Waals surface area (Å²) in [6, 6.07) is 8.32. The summed E-state index contributed by atoms with van der Waals surface area (Å²) < 4.78 is 22.9. The normalized spacial score (nSPS) is 22.2. The van der Waals surface area contributed by atoms with Crippen molar-refractivity contribution >= 4 is 5.97 Å². The molecular formula is C43H62O6. The van der Waals surface area contributed by atoms with Crippen LogP contribution in [-0.4, -0.2) is 38.0 Å². The highest BCUT2D eigenvalue weighted by Gasteiger charge is 2.45. The molecule has 3 aliphatic rings. The molecule has 6 heteroatoms. The summed E-state index contributed by atoms with van der Waals surface area (Å²) in [6.45, 7) is 13.1. The van der Waals surface area contributed by atoms with E-state index in [-0.39, 0.29) is 29.3 Å². The molecule has 0 aromatic heterocycles. The van der Waals surface area contributed by atoms with Crippen molar-refractivity contribution in [3.05, 3.63) is 69.8 Å². The lowest BCUT2D eigenvalue weighted by Crippen LogP contribution is -2.45. The van der Waals surface area contributed by atoms with Crippen LogP contribution in [0.25, 0.3) is 0 Å². The van der Waals surface area contributed by atoms with E-state index in [0.717, 1.165) is 73.3 Å². The molecule has 49 heavy (non-hydrogen) atoms. The fourth-order valence-corrected chi connectivity index (χ4v) is 8.12. The fraction of sp³-hybridized carbons (Fsp3) is 0.605. The largest absolute Gasteiger partial charge is 0.507 e. The minimum absolute atomic E-state index is 0.0919. The Morgan fingerprint density at radius 1 is 0.796 bits per heavy atom. The number of hydrogen-bond acceptors (Lipinski definition) is 6. The molecule has 0 bridgehead atoms. The van der Waals surface area contributed by atoms with Gasteiger partial charge in [0.05, 0.1) is 27.2 Å². The first-order valence-electron chi connectivity index (χ1n) is 18.7. The Balaban J connectivity index is 0.000000222. The highest BCUT2D eigenvalue weighted by molar-refractivity contribution is 5.75. The van der Waals surface area contributed by atoms with E-state index in [0.29, 0.717) is 11.7 Å². The van der Waals surface area contributed by atoms with Gasteiger partial charge in [0.25, 0.3) is 0 Å². The van der Waals surface area contributed by atoms with Crippen molar-refractivity contribution in [1.29, 1.82) is 0 Å². The van der Waals surface area contributed by atoms with Crippen LogP contribution >= 0.6 is 0 Å². The van der Waals surface area contributed by atoms with Crippen LogP contribution in [0.15, 0.2) is 47.6 Å². The standard InChI is InChI=1S/C22H32O4.C21H30O2/c1-6-7-8-9-16-13-19(24-3)21(20(14-16)25-4)18-12-15(2)10-11-17(18)22(23)26-5;1-5-6-7-8-15-12-18(22)20-16-11-14(2)9-10-17(16)21(3,4)23-19(20)13-15/h12-14,17-18H,6-11H2,1-5H3;11-13,16-17,22H,5-10H2,1-4H3/t17-,18-;16?,17-/m11/s1. The summed E-state index contributed by atoms with van der Waals surface area (Å²) in [5, 5.41) is 10.7. The Kier molecular flexibility index (Phi) is 13.7. The third-order valence-corrected chi connectivity index (χ3v) is 10.9. The third-order valence-electron chi connectivity index (χ3n) is 10.9. The number of aryl methyl sites for hydroxylation is 2. The highest BCUT2D eigenvalue weighted by Crippen LogP contribution is 2.53. The van der Waals surface area contributed by atoms with Gasteiger partial charge in [-0.05, 0) is 114 Å². The number of carbonyl (C=O) groups excluding carboxylic acids is 1. The lowest BCUT2D eigenvalue weighted by Gasteiger charge is -2.46. The van der Waals surface area contributed by atoms with E-state index in [1.54, 1.807) is 14.2 Å². The van der Waals surface area contributed by atoms with Crippen molar-refractivity contribution in [2.24, 2.45) is 11.8 Å². The van der Waals surface area contributed by atoms with Crippen molar-refractivity contribution in [3.8, 4) is 23.0 Å². The number of phenols is 1. The van der Waals surface area contributed by atoms with Gasteiger partial charge in [0.15, 0.2) is 0 Å². The Bertz CT molecular complexity index is 1460. The van der Waals surface area contributed by atoms with Crippen molar-refractivity contribution in [2.45, 2.75) is 136 Å². The molecule has 0 fully saturated rings. The second-order valence-electron chi connectivity index (χ2n) is 15.0. The number of unbranched alkanes of at least 4 members (excludes halogenated alkanes) is 4. The molecule has 0 amide bonds. The van der Waals surface area contributed by atoms with Crippen LogP contribution in [0.3, 0.4) is 0 Å². The number of carbonyl (C=O) groups is 1. The second-order valence-corrected chi connectivity index (χ2v) is 15.0. The molecule has 1 heterocycles. The summed E-state index contributed by atoms with van der Waals surface area (Å²) in [5.41, 5.74) is 6.90. The zero-order valence-electron chi connectivity index (χ0n) is 31.7. The Hall–Kier alpha value is -3.41. The first-order chi connectivity index (χ1) is 23.5. The lowest BCUT2D eigenvalue weighted by molar-refractivity contribution is -0.146. The molecule has 1 unspecified atom stereocenters. The van der Waals surface area contributed by atoms with E-state index in [2.05, 4.69) is 71.9 Å². The van der Waals surface area contributed by atoms with Crippen molar-refractivity contribution in [3.63, 3.8) is 0 Å². The molecule has 0 radical (unpaired) electrons. The zero-order valence-corrected chi connectivity index (χ0v) is 31.7. The van der Waals surface area contributed by atoms with E-state index in [1.807, 2.05) is 6.07 Å². The van der Waals surface area contributed by atoms with Crippen LogP contribution in [-0.2, 0) is 22.4 Å². The van der Waals surface area contributed by atoms with E-state index in [1.165, 1.54) is 61.5 Å². The number of benzene rings is 2. The minimum Gasteiger partial charge on any atom is -0.507 e. The van der Waals surface area contributed by atoms with Gasteiger partial charge in [0.2, 0.25) is 0 Å². The molecule has 1 N–H and O–H groups in total. The van der Waals surface area contributed by atoms with Gasteiger partial charge >= 0.3 is 5.97 Å². The molecule has 0 saturated heterocycles. The van der Waals surface area contributed by atoms with Gasteiger partial charge < -0.3 is 24.1 Å². The zero-order chi connectivity index (χ0) is 35.7. The van der Waals surface area contributed by atoms with E-state index < -0.39 is 0 Å². The fourth-order valence-electron chi connectivity index (χ4n) is 8.12. The molecule has 6 nitrogen and oxygen atoms in total. The first kappa shape index (κ1) is 38.4. The minimum atomic E-state index is -0.211. The van der Waals surface area contributed by atoms with Crippen LogP contribution in [0, 0.1) is 11.8 Å². The Morgan fingerprint density at radius 3 is 1.90 bits per heavy atom. The van der Waals surface area contributed by atoms with Crippen LogP contribution in [0.1, 0.15) is 140 Å². The summed E-state index contributed by atoms with van der Waals surface area (Å²) >= 11 is 0. The van der Waals surface area contributed by atoms with Gasteiger partial charge in [0, 0.05) is 28.9 Å². The average Bonchev–Trinajstić information content (AvgIpc) is 3.07. The van der Waals surface area contributed by atoms with Crippen molar-refractivity contribution < 1.29 is 28.8 Å². The molecule has 2 aromatic carbocycles. The van der Waals surface area contributed by atoms with Gasteiger partial charge in [-0.1, -0.05) is 62.8 Å². The van der Waals surface area contributed by atoms with Crippen molar-refractivity contribution in [1.82, 2.24) is 0 Å². The van der Waals surface area contributed by atoms with Crippen LogP contribution < -0.4 is 14.2 Å². The van der Waals surface area contributed by atoms with Gasteiger partial charge in [-0.15, -0.1) is 0 Å². The molecule has 270 valence electrons. The Labute approximate surface area is 296 Å². The maximum absolute atomic E-state index is 12.4. The van der Waals surface area contributed by atoms with E-state index >= 15 is 0 Å². The maximum atomic E-state index is 12.4. The van der Waals surface area contributed by atoms with Crippen LogP contribution in [0.2, 0.25) is 0 Å². The molecule has 5 rings (SSSR count). The third kappa shape index (κ3) is 9.23. The second kappa shape index (κ2) is 17.5. The van der Waals surface area contributed by atoms with Crippen LogP contribution in [0.5, 0.6) is 23.0 Å². The highest BCUT2D eigenvalue weighted by atomic mass is 16.5. The average molecular weight is 675 g/mol. The molecule has 0 spiro atoms. The van der Waals surface area contributed by atoms with E-state index in [4.69, 9.17) is 18.9 Å². The monoisotopic (exact) mass is 674 g/mol. The molecule has 4 atom stereocenters. The van der Waals surface area contributed by atoms with Gasteiger partial charge in [-0.3, -0.25) is 4.79 Å². The van der Waals surface area contributed by atoms with Gasteiger partial charge in [0.1, 0.15) is 28.6 Å². The number of hydrogen-bond donors (Lipinski definition) is 1. The number of ether oxygens (including phenoxy) is 4. The number of esters is 1. The number of allylic oxidation sites excluding steroid dienone is 4. The molecule has 0 saturated carbocycles. The lowest BCUT2D eigenvalue weighted by atomic mass is 9.68. The SMILES string of the molecule is CCCCCc1cc(O)c2c(c1)OC(C)(C)[C@@H]1CCC(C)=CC21.CCCCCc1cc(OC)c([C@@H]2C=C(C)CC[C@H]2C(=O)OC)c(OC)c1. The molecular weight excluding hydrogens is 612 g/mol. The summed E-state index contributed by atoms with van der Waals surface area (Å²) in [7, 11) is 4.82. The van der Waals surface area contributed by atoms with Crippen LogP contribution in [0.4, 0.5) is 0 Å². The predicted octanol–water partition coefficient (Wildman–Crippen LogP) is 10.8. The number of rotatable bonds is 12. The summed E-state index contributed by atoms with van der Waals surface area (Å²) in [6.07, 6.45) is 17.7. The quantitative estimate of drug-likeness (QED) is 0.137. The molecule has 2 aliphatic carbocycles. The van der Waals surface area contributed by atoms with Gasteiger partial charge in [-0.25, -0.2) is 0 Å². The topological polar surface area (TPSA) is 74.2 Å². The first-order valence-corrected chi connectivity index (χ1v) is 18.7. The maximum Gasteiger partial charge on any atom is 0.309 e. The molecule has 1 aliphatic heterocycles. The van der Waals surface area contributed by atoms with E-state index in [9.17, 15) is 9.90 Å². The molecule has 2 aromatic rings. The number of aromatic hydroxyl groups is 1.